The van der Waals surface area contributed by atoms with E-state index in [1.165, 1.54) is 7.11 Å². The third kappa shape index (κ3) is 3.64. The van der Waals surface area contributed by atoms with Crippen molar-refractivity contribution >= 4 is 5.91 Å². The van der Waals surface area contributed by atoms with Gasteiger partial charge in [-0.05, 0) is 12.8 Å². The van der Waals surface area contributed by atoms with Gasteiger partial charge in [0.2, 0.25) is 5.91 Å². The van der Waals surface area contributed by atoms with Gasteiger partial charge in [-0.15, -0.1) is 0 Å². The maximum atomic E-state index is 12.2. The van der Waals surface area contributed by atoms with Crippen LogP contribution in [0.25, 0.3) is 0 Å². The Labute approximate surface area is 101 Å². The topological polar surface area (TPSA) is 93.8 Å². The number of methoxy groups -OCH3 is 1. The van der Waals surface area contributed by atoms with E-state index in [-0.39, 0.29) is 18.6 Å². The van der Waals surface area contributed by atoms with Crippen LogP contribution >= 0.6 is 0 Å². The maximum absolute atomic E-state index is 12.2. The number of aliphatic hydroxyl groups excluding tert-OH is 1. The Balaban J connectivity index is 2.58. The summed E-state index contributed by atoms with van der Waals surface area (Å²) in [7, 11) is 1.53. The van der Waals surface area contributed by atoms with Crippen molar-refractivity contribution in [3.63, 3.8) is 0 Å². The molecule has 1 fully saturated rings. The Hall–Kier alpha value is -0.690. The number of hydrogen-bond acceptors (Lipinski definition) is 5. The monoisotopic (exact) mass is 246 g/mol. The van der Waals surface area contributed by atoms with Crippen LogP contribution in [0.3, 0.4) is 0 Å². The first kappa shape index (κ1) is 14.4. The first-order valence-corrected chi connectivity index (χ1v) is 5.87. The second-order valence-electron chi connectivity index (χ2n) is 4.41. The predicted octanol–water partition coefficient (Wildman–Crippen LogP) is -1.13. The fraction of sp³-hybridized carbons (Fsp3) is 0.909. The summed E-state index contributed by atoms with van der Waals surface area (Å²) in [5.74, 6) is -0.112. The number of amides is 1. The first-order valence-electron chi connectivity index (χ1n) is 5.87. The molecular weight excluding hydrogens is 224 g/mol. The Kier molecular flexibility index (Phi) is 5.84. The molecule has 0 spiro atoms. The number of nitrogens with two attached hydrogens (primary N) is 1. The van der Waals surface area contributed by atoms with Crippen LogP contribution in [-0.4, -0.2) is 57.1 Å². The predicted molar refractivity (Wildman–Crippen MR) is 62.4 cm³/mol. The van der Waals surface area contributed by atoms with Crippen LogP contribution in [0.2, 0.25) is 0 Å². The third-order valence-corrected chi connectivity index (χ3v) is 3.25. The summed E-state index contributed by atoms with van der Waals surface area (Å²) in [6, 6.07) is -0.376. The fourth-order valence-electron chi connectivity index (χ4n) is 1.97. The van der Waals surface area contributed by atoms with Crippen LogP contribution in [0, 0.1) is 5.41 Å². The van der Waals surface area contributed by atoms with Crippen molar-refractivity contribution in [3.05, 3.63) is 0 Å². The minimum Gasteiger partial charge on any atom is -0.394 e. The van der Waals surface area contributed by atoms with E-state index in [2.05, 4.69) is 5.32 Å². The van der Waals surface area contributed by atoms with Gasteiger partial charge in [0.1, 0.15) is 0 Å². The Morgan fingerprint density at radius 1 is 1.59 bits per heavy atom. The zero-order valence-electron chi connectivity index (χ0n) is 10.3. The van der Waals surface area contributed by atoms with Crippen LogP contribution < -0.4 is 11.1 Å². The molecule has 0 bridgehead atoms. The molecule has 1 saturated heterocycles. The quantitative estimate of drug-likeness (QED) is 0.551. The van der Waals surface area contributed by atoms with E-state index in [9.17, 15) is 4.79 Å². The average Bonchev–Trinajstić information content (AvgIpc) is 2.38. The number of hydrogen-bond donors (Lipinski definition) is 3. The van der Waals surface area contributed by atoms with Crippen molar-refractivity contribution in [3.8, 4) is 0 Å². The van der Waals surface area contributed by atoms with Crippen molar-refractivity contribution in [2.45, 2.75) is 18.9 Å². The Morgan fingerprint density at radius 3 is 2.71 bits per heavy atom. The van der Waals surface area contributed by atoms with E-state index < -0.39 is 5.41 Å². The molecule has 17 heavy (non-hydrogen) atoms. The molecule has 1 aliphatic heterocycles. The lowest BCUT2D eigenvalue weighted by molar-refractivity contribution is -0.137. The minimum atomic E-state index is -0.556. The molecule has 1 unspecified atom stereocenters. The number of ether oxygens (including phenoxy) is 2. The van der Waals surface area contributed by atoms with Crippen molar-refractivity contribution in [1.82, 2.24) is 5.32 Å². The highest BCUT2D eigenvalue weighted by atomic mass is 16.5. The standard InChI is InChI=1S/C11H22N2O4/c1-16-7-9(6-14)13-10(15)11(8-12)2-4-17-5-3-11/h9,14H,2-8,12H2,1H3,(H,13,15). The van der Waals surface area contributed by atoms with Gasteiger partial charge in [0, 0.05) is 26.9 Å². The van der Waals surface area contributed by atoms with Gasteiger partial charge >= 0.3 is 0 Å². The van der Waals surface area contributed by atoms with Crippen LogP contribution in [0.15, 0.2) is 0 Å². The first-order chi connectivity index (χ1) is 8.18. The second-order valence-corrected chi connectivity index (χ2v) is 4.41. The molecule has 0 saturated carbocycles. The zero-order chi connectivity index (χ0) is 12.7. The summed E-state index contributed by atoms with van der Waals surface area (Å²) in [5.41, 5.74) is 5.16. The Morgan fingerprint density at radius 2 is 2.24 bits per heavy atom. The third-order valence-electron chi connectivity index (χ3n) is 3.25. The highest BCUT2D eigenvalue weighted by Gasteiger charge is 2.39. The number of rotatable bonds is 6. The molecule has 100 valence electrons. The lowest BCUT2D eigenvalue weighted by Crippen LogP contribution is -2.53. The summed E-state index contributed by atoms with van der Waals surface area (Å²) in [4.78, 5) is 12.2. The zero-order valence-corrected chi connectivity index (χ0v) is 10.3. The van der Waals surface area contributed by atoms with E-state index in [4.69, 9.17) is 20.3 Å². The highest BCUT2D eigenvalue weighted by Crippen LogP contribution is 2.29. The van der Waals surface area contributed by atoms with Gasteiger partial charge in [-0.1, -0.05) is 0 Å². The molecule has 1 aliphatic rings. The molecular formula is C11H22N2O4. The molecule has 6 nitrogen and oxygen atoms in total. The van der Waals surface area contributed by atoms with Crippen LogP contribution in [0.5, 0.6) is 0 Å². The second kappa shape index (κ2) is 6.90. The molecule has 0 aromatic rings. The van der Waals surface area contributed by atoms with E-state index >= 15 is 0 Å². The molecule has 6 heteroatoms. The normalized spacial score (nSPS) is 20.9. The van der Waals surface area contributed by atoms with E-state index in [0.717, 1.165) is 0 Å². The van der Waals surface area contributed by atoms with Gasteiger partial charge in [0.05, 0.1) is 24.7 Å². The van der Waals surface area contributed by atoms with Crippen molar-refractivity contribution in [1.29, 1.82) is 0 Å². The van der Waals surface area contributed by atoms with Crippen molar-refractivity contribution in [2.75, 3.05) is 40.1 Å². The fourth-order valence-corrected chi connectivity index (χ4v) is 1.97. The maximum Gasteiger partial charge on any atom is 0.228 e. The molecule has 0 aliphatic carbocycles. The number of carbonyl (C=O) groups is 1. The molecule has 1 amide bonds. The van der Waals surface area contributed by atoms with Gasteiger partial charge in [-0.3, -0.25) is 4.79 Å². The van der Waals surface area contributed by atoms with Crippen LogP contribution in [0.1, 0.15) is 12.8 Å². The van der Waals surface area contributed by atoms with Gasteiger partial charge in [0.25, 0.3) is 0 Å². The molecule has 1 heterocycles. The number of aliphatic hydroxyl groups is 1. The van der Waals surface area contributed by atoms with Crippen molar-refractivity contribution < 1.29 is 19.4 Å². The lowest BCUT2D eigenvalue weighted by atomic mass is 9.79. The van der Waals surface area contributed by atoms with Gasteiger partial charge in [-0.25, -0.2) is 0 Å². The van der Waals surface area contributed by atoms with Crippen LogP contribution in [0.4, 0.5) is 0 Å². The van der Waals surface area contributed by atoms with E-state index in [1.807, 2.05) is 0 Å². The summed E-state index contributed by atoms with van der Waals surface area (Å²) in [6.07, 6.45) is 1.25. The van der Waals surface area contributed by atoms with E-state index in [1.54, 1.807) is 0 Å². The summed E-state index contributed by atoms with van der Waals surface area (Å²) in [6.45, 7) is 1.56. The molecule has 0 aromatic heterocycles. The van der Waals surface area contributed by atoms with Gasteiger partial charge < -0.3 is 25.6 Å². The Bertz CT molecular complexity index is 242. The van der Waals surface area contributed by atoms with Crippen molar-refractivity contribution in [2.24, 2.45) is 11.1 Å². The lowest BCUT2D eigenvalue weighted by Gasteiger charge is -2.35. The molecule has 0 radical (unpaired) electrons. The molecule has 1 atom stereocenters. The highest BCUT2D eigenvalue weighted by molar-refractivity contribution is 5.83. The number of carbonyl (C=O) groups excluding carboxylic acids is 1. The average molecular weight is 246 g/mol. The minimum absolute atomic E-state index is 0.112. The largest absolute Gasteiger partial charge is 0.394 e. The molecule has 1 rings (SSSR count). The van der Waals surface area contributed by atoms with Crippen LogP contribution in [-0.2, 0) is 14.3 Å². The van der Waals surface area contributed by atoms with E-state index in [0.29, 0.717) is 39.2 Å². The SMILES string of the molecule is COCC(CO)NC(=O)C1(CN)CCOCC1. The van der Waals surface area contributed by atoms with Gasteiger partial charge in [-0.2, -0.15) is 0 Å². The van der Waals surface area contributed by atoms with Gasteiger partial charge in [0.15, 0.2) is 0 Å². The number of nitrogens with one attached hydrogen (secondary N) is 1. The molecule has 0 aromatic carbocycles. The summed E-state index contributed by atoms with van der Waals surface area (Å²) < 4.78 is 10.2. The smallest absolute Gasteiger partial charge is 0.228 e. The summed E-state index contributed by atoms with van der Waals surface area (Å²) >= 11 is 0. The summed E-state index contributed by atoms with van der Waals surface area (Å²) in [5, 5.41) is 11.9. The molecule has 4 N–H and O–H groups in total.